The van der Waals surface area contributed by atoms with Crippen LogP contribution in [0.3, 0.4) is 0 Å². The summed E-state index contributed by atoms with van der Waals surface area (Å²) in [5, 5.41) is 0. The molecule has 21 heavy (non-hydrogen) atoms. The number of nitrogens with two attached hydrogens (primary N) is 1. The summed E-state index contributed by atoms with van der Waals surface area (Å²) in [6.45, 7) is 0.395. The predicted molar refractivity (Wildman–Crippen MR) is 87.4 cm³/mol. The highest BCUT2D eigenvalue weighted by Crippen LogP contribution is 2.24. The second kappa shape index (κ2) is 6.22. The number of halogens is 1. The second-order valence-corrected chi connectivity index (χ2v) is 5.82. The molecule has 0 aliphatic rings. The lowest BCUT2D eigenvalue weighted by Crippen LogP contribution is -2.28. The van der Waals surface area contributed by atoms with Gasteiger partial charge in [0.05, 0.1) is 12.1 Å². The monoisotopic (exact) mass is 351 g/mol. The van der Waals surface area contributed by atoms with Gasteiger partial charge in [-0.1, -0.05) is 0 Å². The van der Waals surface area contributed by atoms with Gasteiger partial charge < -0.3 is 20.0 Å². The number of carbonyl (C=O) groups is 1. The topological polar surface area (TPSA) is 62.7 Å². The van der Waals surface area contributed by atoms with Crippen LogP contribution in [-0.2, 0) is 6.54 Å². The molecule has 1 aromatic heterocycles. The minimum atomic E-state index is -0.0986. The molecule has 6 heteroatoms. The van der Waals surface area contributed by atoms with Crippen molar-refractivity contribution in [2.24, 2.45) is 0 Å². The number of rotatable bonds is 4. The van der Waals surface area contributed by atoms with Crippen molar-refractivity contribution in [3.63, 3.8) is 0 Å². The van der Waals surface area contributed by atoms with Gasteiger partial charge >= 0.3 is 0 Å². The Morgan fingerprint density at radius 2 is 1.95 bits per heavy atom. The Morgan fingerprint density at radius 1 is 1.24 bits per heavy atom. The lowest BCUT2D eigenvalue weighted by molar-refractivity contribution is 0.0775. The van der Waals surface area contributed by atoms with Crippen LogP contribution in [0.25, 0.3) is 0 Å². The SMILES string of the molecule is CN(Cc1ccc(Br)o1)C(=O)c1cc(N)ccc1N(C)C. The van der Waals surface area contributed by atoms with E-state index in [0.717, 1.165) is 5.69 Å². The highest BCUT2D eigenvalue weighted by molar-refractivity contribution is 9.10. The standard InChI is InChI=1S/C15H18BrN3O2/c1-18(2)13-6-4-10(17)8-12(13)15(20)19(3)9-11-5-7-14(16)21-11/h4-8H,9,17H2,1-3H3. The second-order valence-electron chi connectivity index (χ2n) is 5.04. The van der Waals surface area contributed by atoms with Gasteiger partial charge in [0.1, 0.15) is 5.76 Å². The summed E-state index contributed by atoms with van der Waals surface area (Å²) in [5.74, 6) is 0.617. The van der Waals surface area contributed by atoms with E-state index >= 15 is 0 Å². The molecular formula is C15H18BrN3O2. The maximum Gasteiger partial charge on any atom is 0.256 e. The number of carbonyl (C=O) groups excluding carboxylic acids is 1. The van der Waals surface area contributed by atoms with Gasteiger partial charge in [-0.2, -0.15) is 0 Å². The molecule has 0 saturated carbocycles. The summed E-state index contributed by atoms with van der Waals surface area (Å²) in [6.07, 6.45) is 0. The lowest BCUT2D eigenvalue weighted by atomic mass is 10.1. The number of nitrogen functional groups attached to an aromatic ring is 1. The molecule has 0 radical (unpaired) electrons. The van der Waals surface area contributed by atoms with Gasteiger partial charge in [-0.3, -0.25) is 4.79 Å². The summed E-state index contributed by atoms with van der Waals surface area (Å²) in [5.41, 5.74) is 7.79. The van der Waals surface area contributed by atoms with Gasteiger partial charge in [0.15, 0.2) is 4.67 Å². The van der Waals surface area contributed by atoms with E-state index in [1.165, 1.54) is 0 Å². The molecule has 2 rings (SSSR count). The lowest BCUT2D eigenvalue weighted by Gasteiger charge is -2.21. The number of anilines is 2. The van der Waals surface area contributed by atoms with E-state index in [2.05, 4.69) is 15.9 Å². The Bertz CT molecular complexity index is 652. The Labute approximate surface area is 132 Å². The van der Waals surface area contributed by atoms with Crippen molar-refractivity contribution in [1.29, 1.82) is 0 Å². The Hall–Kier alpha value is -1.95. The smallest absolute Gasteiger partial charge is 0.256 e. The van der Waals surface area contributed by atoms with E-state index in [-0.39, 0.29) is 5.91 Å². The molecule has 0 atom stereocenters. The highest BCUT2D eigenvalue weighted by atomic mass is 79.9. The van der Waals surface area contributed by atoms with Crippen LogP contribution >= 0.6 is 15.9 Å². The first-order valence-corrected chi connectivity index (χ1v) is 7.24. The van der Waals surface area contributed by atoms with Crippen molar-refractivity contribution in [3.05, 3.63) is 46.3 Å². The zero-order chi connectivity index (χ0) is 15.6. The van der Waals surface area contributed by atoms with Crippen LogP contribution < -0.4 is 10.6 Å². The number of hydrogen-bond donors (Lipinski definition) is 1. The van der Waals surface area contributed by atoms with Crippen molar-refractivity contribution >= 4 is 33.2 Å². The minimum absolute atomic E-state index is 0.0986. The molecule has 1 heterocycles. The Balaban J connectivity index is 2.24. The van der Waals surface area contributed by atoms with Crippen LogP contribution in [0.1, 0.15) is 16.1 Å². The number of hydrogen-bond acceptors (Lipinski definition) is 4. The largest absolute Gasteiger partial charge is 0.452 e. The van der Waals surface area contributed by atoms with Gasteiger partial charge in [-0.05, 0) is 46.3 Å². The maximum atomic E-state index is 12.6. The molecule has 1 aromatic carbocycles. The van der Waals surface area contributed by atoms with Gasteiger partial charge in [0.2, 0.25) is 0 Å². The predicted octanol–water partition coefficient (Wildman–Crippen LogP) is 2.96. The molecule has 0 saturated heterocycles. The fourth-order valence-corrected chi connectivity index (χ4v) is 2.40. The summed E-state index contributed by atoms with van der Waals surface area (Å²) in [4.78, 5) is 16.1. The molecule has 0 unspecified atom stereocenters. The van der Waals surface area contributed by atoms with Crippen LogP contribution in [0.5, 0.6) is 0 Å². The Morgan fingerprint density at radius 3 is 2.52 bits per heavy atom. The average Bonchev–Trinajstić information content (AvgIpc) is 2.82. The van der Waals surface area contributed by atoms with E-state index in [0.29, 0.717) is 28.2 Å². The summed E-state index contributed by atoms with van der Waals surface area (Å²) in [7, 11) is 5.53. The highest BCUT2D eigenvalue weighted by Gasteiger charge is 2.18. The molecule has 2 N–H and O–H groups in total. The van der Waals surface area contributed by atoms with Crippen molar-refractivity contribution in [3.8, 4) is 0 Å². The number of furan rings is 1. The molecule has 2 aromatic rings. The molecule has 0 aliphatic heterocycles. The third-order valence-corrected chi connectivity index (χ3v) is 3.53. The Kier molecular flexibility index (Phi) is 4.57. The van der Waals surface area contributed by atoms with Crippen molar-refractivity contribution in [2.45, 2.75) is 6.54 Å². The van der Waals surface area contributed by atoms with Gasteiger partial charge in [0, 0.05) is 32.5 Å². The quantitative estimate of drug-likeness (QED) is 0.860. The van der Waals surface area contributed by atoms with Crippen LogP contribution in [0.4, 0.5) is 11.4 Å². The fourth-order valence-electron chi connectivity index (χ4n) is 2.06. The summed E-state index contributed by atoms with van der Waals surface area (Å²) < 4.78 is 6.08. The summed E-state index contributed by atoms with van der Waals surface area (Å²) >= 11 is 3.25. The maximum absolute atomic E-state index is 12.6. The molecule has 5 nitrogen and oxygen atoms in total. The minimum Gasteiger partial charge on any atom is -0.452 e. The van der Waals surface area contributed by atoms with Crippen LogP contribution in [-0.4, -0.2) is 32.0 Å². The van der Waals surface area contributed by atoms with E-state index in [4.69, 9.17) is 10.2 Å². The first-order valence-electron chi connectivity index (χ1n) is 6.45. The molecule has 112 valence electrons. The van der Waals surface area contributed by atoms with E-state index in [1.807, 2.05) is 31.1 Å². The molecule has 0 aliphatic carbocycles. The number of nitrogens with zero attached hydrogens (tertiary/aromatic N) is 2. The first-order chi connectivity index (χ1) is 9.88. The number of amides is 1. The van der Waals surface area contributed by atoms with Gasteiger partial charge in [0.25, 0.3) is 5.91 Å². The first kappa shape index (κ1) is 15.4. The molecule has 0 fully saturated rings. The van der Waals surface area contributed by atoms with E-state index in [1.54, 1.807) is 30.1 Å². The zero-order valence-electron chi connectivity index (χ0n) is 12.3. The number of benzene rings is 1. The van der Waals surface area contributed by atoms with Gasteiger partial charge in [-0.25, -0.2) is 0 Å². The van der Waals surface area contributed by atoms with Crippen LogP contribution in [0, 0.1) is 0 Å². The van der Waals surface area contributed by atoms with E-state index in [9.17, 15) is 4.79 Å². The van der Waals surface area contributed by atoms with Gasteiger partial charge in [-0.15, -0.1) is 0 Å². The van der Waals surface area contributed by atoms with Crippen molar-refractivity contribution in [2.75, 3.05) is 31.8 Å². The normalized spacial score (nSPS) is 10.5. The zero-order valence-corrected chi connectivity index (χ0v) is 13.8. The van der Waals surface area contributed by atoms with Crippen molar-refractivity contribution < 1.29 is 9.21 Å². The molecule has 0 bridgehead atoms. The van der Waals surface area contributed by atoms with Crippen LogP contribution in [0.15, 0.2) is 39.4 Å². The molecule has 0 spiro atoms. The van der Waals surface area contributed by atoms with E-state index < -0.39 is 0 Å². The molecular weight excluding hydrogens is 334 g/mol. The molecule has 1 amide bonds. The fraction of sp³-hybridized carbons (Fsp3) is 0.267. The third-order valence-electron chi connectivity index (χ3n) is 3.10. The van der Waals surface area contributed by atoms with Crippen molar-refractivity contribution in [1.82, 2.24) is 4.90 Å². The third kappa shape index (κ3) is 3.58. The average molecular weight is 352 g/mol. The van der Waals surface area contributed by atoms with Crippen LogP contribution in [0.2, 0.25) is 0 Å². The summed E-state index contributed by atoms with van der Waals surface area (Å²) in [6, 6.07) is 8.97.